The number of benzene rings is 1. The van der Waals surface area contributed by atoms with Gasteiger partial charge in [0.1, 0.15) is 5.82 Å². The highest BCUT2D eigenvalue weighted by molar-refractivity contribution is 8.18. The van der Waals surface area contributed by atoms with Crippen LogP contribution in [0.4, 0.5) is 9.18 Å². The summed E-state index contributed by atoms with van der Waals surface area (Å²) in [6.07, 6.45) is 4.81. The van der Waals surface area contributed by atoms with E-state index in [1.165, 1.54) is 12.1 Å². The zero-order valence-electron chi connectivity index (χ0n) is 12.1. The van der Waals surface area contributed by atoms with Gasteiger partial charge in [-0.3, -0.25) is 14.5 Å². The lowest BCUT2D eigenvalue weighted by molar-refractivity contribution is -0.122. The molecule has 0 saturated carbocycles. The van der Waals surface area contributed by atoms with Gasteiger partial charge in [0.15, 0.2) is 0 Å². The first kappa shape index (κ1) is 15.3. The van der Waals surface area contributed by atoms with E-state index in [-0.39, 0.29) is 23.5 Å². The fourth-order valence-electron chi connectivity index (χ4n) is 2.30. The Kier molecular flexibility index (Phi) is 4.16. The molecule has 6 heteroatoms. The summed E-state index contributed by atoms with van der Waals surface area (Å²) in [5, 5.41) is -0.329. The zero-order valence-corrected chi connectivity index (χ0v) is 12.9. The van der Waals surface area contributed by atoms with E-state index in [1.54, 1.807) is 47.2 Å². The Labute approximate surface area is 136 Å². The SMILES string of the molecule is C=CCN1C(=O)S/C(=C/c2cccn2-c2ccccc2F)C1=O. The van der Waals surface area contributed by atoms with Crippen molar-refractivity contribution in [1.82, 2.24) is 9.47 Å². The van der Waals surface area contributed by atoms with Crippen molar-refractivity contribution in [2.45, 2.75) is 0 Å². The van der Waals surface area contributed by atoms with Gasteiger partial charge in [-0.25, -0.2) is 4.39 Å². The van der Waals surface area contributed by atoms with E-state index in [0.29, 0.717) is 16.3 Å². The van der Waals surface area contributed by atoms with Crippen LogP contribution in [0, 0.1) is 5.82 Å². The Morgan fingerprint density at radius 2 is 1.96 bits per heavy atom. The molecule has 1 aliphatic rings. The summed E-state index contributed by atoms with van der Waals surface area (Å²) in [5.41, 5.74) is 1.01. The Bertz CT molecular complexity index is 826. The van der Waals surface area contributed by atoms with Gasteiger partial charge >= 0.3 is 0 Å². The Morgan fingerprint density at radius 1 is 1.17 bits per heavy atom. The van der Waals surface area contributed by atoms with Crippen LogP contribution in [0.2, 0.25) is 0 Å². The van der Waals surface area contributed by atoms with Crippen molar-refractivity contribution in [3.63, 3.8) is 0 Å². The summed E-state index contributed by atoms with van der Waals surface area (Å²) in [5.74, 6) is -0.723. The van der Waals surface area contributed by atoms with Crippen LogP contribution in [0.25, 0.3) is 11.8 Å². The smallest absolute Gasteiger partial charge is 0.293 e. The highest BCUT2D eigenvalue weighted by Gasteiger charge is 2.34. The molecule has 116 valence electrons. The third-order valence-corrected chi connectivity index (χ3v) is 4.26. The molecule has 0 bridgehead atoms. The number of rotatable bonds is 4. The van der Waals surface area contributed by atoms with Crippen molar-refractivity contribution in [3.8, 4) is 5.69 Å². The second-order valence-electron chi connectivity index (χ2n) is 4.84. The normalized spacial score (nSPS) is 16.4. The maximum atomic E-state index is 14.0. The lowest BCUT2D eigenvalue weighted by Crippen LogP contribution is -2.27. The number of hydrogen-bond acceptors (Lipinski definition) is 3. The number of carbonyl (C=O) groups excluding carboxylic acids is 2. The van der Waals surface area contributed by atoms with Crippen molar-refractivity contribution >= 4 is 29.0 Å². The lowest BCUT2D eigenvalue weighted by Gasteiger charge is -2.09. The molecular formula is C17H13FN2O2S. The van der Waals surface area contributed by atoms with Gasteiger partial charge < -0.3 is 4.57 Å². The largest absolute Gasteiger partial charge is 0.314 e. The molecule has 0 radical (unpaired) electrons. The molecule has 0 atom stereocenters. The molecule has 1 aromatic carbocycles. The molecule has 0 spiro atoms. The summed E-state index contributed by atoms with van der Waals surface area (Å²) >= 11 is 0.872. The predicted octanol–water partition coefficient (Wildman–Crippen LogP) is 3.84. The maximum Gasteiger partial charge on any atom is 0.293 e. The van der Waals surface area contributed by atoms with Gasteiger partial charge in [0.25, 0.3) is 11.1 Å². The third kappa shape index (κ3) is 2.85. The number of nitrogens with zero attached hydrogens (tertiary/aromatic N) is 2. The van der Waals surface area contributed by atoms with Crippen molar-refractivity contribution in [2.24, 2.45) is 0 Å². The van der Waals surface area contributed by atoms with Gasteiger partial charge in [-0.15, -0.1) is 6.58 Å². The molecule has 0 unspecified atom stereocenters. The monoisotopic (exact) mass is 328 g/mol. The number of para-hydroxylation sites is 1. The van der Waals surface area contributed by atoms with Gasteiger partial charge in [-0.05, 0) is 42.1 Å². The number of aromatic nitrogens is 1. The molecule has 2 heterocycles. The first-order valence-electron chi connectivity index (χ1n) is 6.90. The van der Waals surface area contributed by atoms with Gasteiger partial charge in [-0.1, -0.05) is 18.2 Å². The summed E-state index contributed by atoms with van der Waals surface area (Å²) in [7, 11) is 0. The van der Waals surface area contributed by atoms with Gasteiger partial charge in [-0.2, -0.15) is 0 Å². The lowest BCUT2D eigenvalue weighted by atomic mass is 10.3. The second-order valence-corrected chi connectivity index (χ2v) is 5.83. The minimum absolute atomic E-state index is 0.177. The van der Waals surface area contributed by atoms with Crippen LogP contribution < -0.4 is 0 Å². The van der Waals surface area contributed by atoms with E-state index in [2.05, 4.69) is 6.58 Å². The van der Waals surface area contributed by atoms with E-state index in [9.17, 15) is 14.0 Å². The van der Waals surface area contributed by atoms with Crippen molar-refractivity contribution in [3.05, 3.63) is 71.7 Å². The quantitative estimate of drug-likeness (QED) is 0.632. The number of imide groups is 1. The summed E-state index contributed by atoms with van der Waals surface area (Å²) < 4.78 is 15.6. The number of hydrogen-bond donors (Lipinski definition) is 0. The third-order valence-electron chi connectivity index (χ3n) is 3.36. The van der Waals surface area contributed by atoms with Crippen LogP contribution in [0.5, 0.6) is 0 Å². The highest BCUT2D eigenvalue weighted by Crippen LogP contribution is 2.32. The minimum Gasteiger partial charge on any atom is -0.314 e. The van der Waals surface area contributed by atoms with E-state index in [4.69, 9.17) is 0 Å². The van der Waals surface area contributed by atoms with Crippen LogP contribution in [-0.4, -0.2) is 27.2 Å². The molecule has 3 rings (SSSR count). The molecule has 0 N–H and O–H groups in total. The van der Waals surface area contributed by atoms with Crippen molar-refractivity contribution < 1.29 is 14.0 Å². The van der Waals surface area contributed by atoms with Gasteiger partial charge in [0.2, 0.25) is 0 Å². The fourth-order valence-corrected chi connectivity index (χ4v) is 3.13. The van der Waals surface area contributed by atoms with E-state index < -0.39 is 0 Å². The Morgan fingerprint density at radius 3 is 2.70 bits per heavy atom. The first-order valence-corrected chi connectivity index (χ1v) is 7.72. The number of carbonyl (C=O) groups is 2. The predicted molar refractivity (Wildman–Crippen MR) is 88.6 cm³/mol. The van der Waals surface area contributed by atoms with Crippen LogP contribution in [0.1, 0.15) is 5.69 Å². The molecule has 2 amide bonds. The van der Waals surface area contributed by atoms with Crippen LogP contribution >= 0.6 is 11.8 Å². The Balaban J connectivity index is 1.98. The minimum atomic E-state index is -0.363. The summed E-state index contributed by atoms with van der Waals surface area (Å²) in [4.78, 5) is 25.5. The fraction of sp³-hybridized carbons (Fsp3) is 0.0588. The van der Waals surface area contributed by atoms with Crippen LogP contribution in [0.15, 0.2) is 60.2 Å². The summed E-state index contributed by atoms with van der Waals surface area (Å²) in [6.45, 7) is 3.71. The summed E-state index contributed by atoms with van der Waals surface area (Å²) in [6, 6.07) is 9.89. The molecular weight excluding hydrogens is 315 g/mol. The average molecular weight is 328 g/mol. The van der Waals surface area contributed by atoms with E-state index >= 15 is 0 Å². The standard InChI is InChI=1S/C17H13FN2O2S/c1-2-9-20-16(21)15(23-17(20)22)11-12-6-5-10-19(12)14-8-4-3-7-13(14)18/h2-8,10-11H,1,9H2/b15-11+. The number of halogens is 1. The molecule has 1 saturated heterocycles. The first-order chi connectivity index (χ1) is 11.1. The van der Waals surface area contributed by atoms with Gasteiger partial charge in [0.05, 0.1) is 10.6 Å². The number of amides is 2. The molecule has 4 nitrogen and oxygen atoms in total. The molecule has 1 fully saturated rings. The van der Waals surface area contributed by atoms with Crippen LogP contribution in [0.3, 0.4) is 0 Å². The van der Waals surface area contributed by atoms with Crippen molar-refractivity contribution in [2.75, 3.05) is 6.54 Å². The second kappa shape index (κ2) is 6.26. The Hall–Kier alpha value is -2.60. The van der Waals surface area contributed by atoms with Gasteiger partial charge in [0, 0.05) is 18.4 Å². The number of thioether (sulfide) groups is 1. The molecule has 1 aromatic heterocycles. The molecule has 1 aliphatic heterocycles. The topological polar surface area (TPSA) is 42.3 Å². The maximum absolute atomic E-state index is 14.0. The molecule has 23 heavy (non-hydrogen) atoms. The average Bonchev–Trinajstić information content (AvgIpc) is 3.09. The van der Waals surface area contributed by atoms with E-state index in [0.717, 1.165) is 16.7 Å². The van der Waals surface area contributed by atoms with E-state index in [1.807, 2.05) is 0 Å². The zero-order chi connectivity index (χ0) is 16.4. The van der Waals surface area contributed by atoms with Crippen molar-refractivity contribution in [1.29, 1.82) is 0 Å². The van der Waals surface area contributed by atoms with Crippen LogP contribution in [-0.2, 0) is 4.79 Å². The molecule has 2 aromatic rings. The molecule has 0 aliphatic carbocycles. The highest BCUT2D eigenvalue weighted by atomic mass is 32.2.